The fourth-order valence-corrected chi connectivity index (χ4v) is 6.56. The molecule has 9 nitrogen and oxygen atoms in total. The number of benzene rings is 1. The van der Waals surface area contributed by atoms with Gasteiger partial charge in [0.1, 0.15) is 18.0 Å². The number of hydrogen-bond donors (Lipinski definition) is 0. The zero-order chi connectivity index (χ0) is 29.7. The normalized spacial score (nSPS) is 20.3. The Labute approximate surface area is 238 Å². The number of aryl methyl sites for hydroxylation is 1. The molecule has 216 valence electrons. The largest absolute Gasteiger partial charge is 0.252 e. The van der Waals surface area contributed by atoms with E-state index in [9.17, 15) is 17.2 Å². The van der Waals surface area contributed by atoms with Crippen LogP contribution in [0.3, 0.4) is 0 Å². The van der Waals surface area contributed by atoms with Gasteiger partial charge in [0.15, 0.2) is 15.7 Å². The van der Waals surface area contributed by atoms with Crippen LogP contribution in [0.25, 0.3) is 17.2 Å². The molecule has 0 fully saturated rings. The van der Waals surface area contributed by atoms with E-state index in [-0.39, 0.29) is 40.7 Å². The van der Waals surface area contributed by atoms with Gasteiger partial charge in [-0.3, -0.25) is 0 Å². The molecule has 0 saturated heterocycles. The first-order chi connectivity index (χ1) is 19.2. The van der Waals surface area contributed by atoms with E-state index < -0.39 is 32.1 Å². The summed E-state index contributed by atoms with van der Waals surface area (Å²) in [4.78, 5) is 13.5. The second kappa shape index (κ2) is 10.3. The highest BCUT2D eigenvalue weighted by Crippen LogP contribution is 2.56. The molecule has 1 aromatic carbocycles. The number of nitrogens with zero attached hydrogens (tertiary/aromatic N) is 7. The molecule has 1 aliphatic rings. The Kier molecular flexibility index (Phi) is 7.25. The first-order valence-corrected chi connectivity index (χ1v) is 15.2. The van der Waals surface area contributed by atoms with Crippen LogP contribution in [-0.2, 0) is 21.7 Å². The molecule has 0 spiro atoms. The van der Waals surface area contributed by atoms with E-state index in [4.69, 9.17) is 4.98 Å². The molecule has 3 heterocycles. The Morgan fingerprint density at radius 2 is 1.78 bits per heavy atom. The van der Waals surface area contributed by atoms with Crippen LogP contribution in [0.5, 0.6) is 0 Å². The van der Waals surface area contributed by atoms with Crippen LogP contribution < -0.4 is 0 Å². The molecular weight excluding hydrogens is 548 g/mol. The lowest BCUT2D eigenvalue weighted by atomic mass is 9.54. The summed E-state index contributed by atoms with van der Waals surface area (Å²) in [5.74, 6) is -0.721. The average Bonchev–Trinajstić information content (AvgIpc) is 3.40. The molecule has 0 bridgehead atoms. The van der Waals surface area contributed by atoms with Gasteiger partial charge in [-0.1, -0.05) is 26.8 Å². The first kappa shape index (κ1) is 28.8. The molecule has 41 heavy (non-hydrogen) atoms. The fourth-order valence-electron chi connectivity index (χ4n) is 5.62. The number of rotatable bonds is 7. The van der Waals surface area contributed by atoms with E-state index in [1.54, 1.807) is 26.1 Å². The molecule has 3 aromatic heterocycles. The third-order valence-corrected chi connectivity index (χ3v) is 10.7. The van der Waals surface area contributed by atoms with Crippen LogP contribution in [0.1, 0.15) is 76.7 Å². The lowest BCUT2D eigenvalue weighted by Crippen LogP contribution is -2.47. The van der Waals surface area contributed by atoms with Gasteiger partial charge in [0, 0.05) is 12.6 Å². The van der Waals surface area contributed by atoms with Gasteiger partial charge in [-0.2, -0.15) is 9.78 Å². The van der Waals surface area contributed by atoms with E-state index in [2.05, 4.69) is 46.0 Å². The van der Waals surface area contributed by atoms with Crippen LogP contribution in [0.4, 0.5) is 8.78 Å². The zero-order valence-electron chi connectivity index (χ0n) is 23.9. The van der Waals surface area contributed by atoms with Crippen LogP contribution in [0.2, 0.25) is 0 Å². The van der Waals surface area contributed by atoms with Crippen molar-refractivity contribution in [1.82, 2.24) is 34.9 Å². The predicted molar refractivity (Wildman–Crippen MR) is 150 cm³/mol. The van der Waals surface area contributed by atoms with Crippen molar-refractivity contribution in [3.05, 3.63) is 77.3 Å². The maximum absolute atomic E-state index is 14.6. The molecule has 0 saturated carbocycles. The number of sulfone groups is 1. The number of fused-ring (bicyclic) bond motifs is 1. The highest BCUT2D eigenvalue weighted by atomic mass is 32.2. The molecule has 0 radical (unpaired) electrons. The first-order valence-electron chi connectivity index (χ1n) is 13.5. The summed E-state index contributed by atoms with van der Waals surface area (Å²) in [6, 6.07) is 7.29. The SMILES string of the molecule is CC(C)S(=O)(=O)CCc1ncn(-c2nccc([C@@]3(C)c4nnc(-c5c(F)cccc5F)cc4[C@H](C)CC3(C)C)n2)n1. The number of hydrogen-bond acceptors (Lipinski definition) is 8. The van der Waals surface area contributed by atoms with Crippen LogP contribution in [0, 0.1) is 17.0 Å². The van der Waals surface area contributed by atoms with Crippen molar-refractivity contribution in [1.29, 1.82) is 0 Å². The maximum Gasteiger partial charge on any atom is 0.252 e. The molecule has 5 rings (SSSR count). The molecule has 12 heteroatoms. The lowest BCUT2D eigenvalue weighted by molar-refractivity contribution is 0.158. The summed E-state index contributed by atoms with van der Waals surface area (Å²) in [6.45, 7) is 11.7. The van der Waals surface area contributed by atoms with Gasteiger partial charge >= 0.3 is 0 Å². The Morgan fingerprint density at radius 3 is 2.46 bits per heavy atom. The number of halogens is 2. The van der Waals surface area contributed by atoms with Crippen molar-refractivity contribution < 1.29 is 17.2 Å². The second-order valence-corrected chi connectivity index (χ2v) is 14.4. The van der Waals surface area contributed by atoms with Gasteiger partial charge in [-0.05, 0) is 68.4 Å². The summed E-state index contributed by atoms with van der Waals surface area (Å²) in [5.41, 5.74) is 1.10. The maximum atomic E-state index is 14.6. The van der Waals surface area contributed by atoms with Gasteiger partial charge in [0.05, 0.1) is 39.1 Å². The molecule has 2 atom stereocenters. The summed E-state index contributed by atoms with van der Waals surface area (Å²) >= 11 is 0. The van der Waals surface area contributed by atoms with E-state index >= 15 is 0 Å². The van der Waals surface area contributed by atoms with Crippen molar-refractivity contribution in [2.24, 2.45) is 5.41 Å². The molecule has 1 aliphatic carbocycles. The molecule has 0 aliphatic heterocycles. The molecule has 0 unspecified atom stereocenters. The molecule has 0 amide bonds. The van der Waals surface area contributed by atoms with Crippen molar-refractivity contribution in [3.63, 3.8) is 0 Å². The summed E-state index contributed by atoms with van der Waals surface area (Å²) in [7, 11) is -3.23. The van der Waals surface area contributed by atoms with Gasteiger partial charge in [-0.25, -0.2) is 32.2 Å². The summed E-state index contributed by atoms with van der Waals surface area (Å²) in [5, 5.41) is 12.8. The van der Waals surface area contributed by atoms with Gasteiger partial charge in [0.2, 0.25) is 0 Å². The highest BCUT2D eigenvalue weighted by molar-refractivity contribution is 7.91. The predicted octanol–water partition coefficient (Wildman–Crippen LogP) is 5.00. The van der Waals surface area contributed by atoms with Crippen molar-refractivity contribution in [2.45, 2.75) is 71.0 Å². The summed E-state index contributed by atoms with van der Waals surface area (Å²) in [6.07, 6.45) is 4.05. The Bertz CT molecular complexity index is 1700. The smallest absolute Gasteiger partial charge is 0.229 e. The monoisotopic (exact) mass is 581 g/mol. The average molecular weight is 582 g/mol. The van der Waals surface area contributed by atoms with Crippen molar-refractivity contribution >= 4 is 9.84 Å². The highest BCUT2D eigenvalue weighted by Gasteiger charge is 2.52. The minimum atomic E-state index is -3.23. The lowest BCUT2D eigenvalue weighted by Gasteiger charge is -2.49. The van der Waals surface area contributed by atoms with Crippen LogP contribution in [-0.4, -0.2) is 54.4 Å². The zero-order valence-corrected chi connectivity index (χ0v) is 24.7. The van der Waals surface area contributed by atoms with Crippen molar-refractivity contribution in [3.8, 4) is 17.2 Å². The Hall–Kier alpha value is -3.67. The number of aromatic nitrogens is 7. The quantitative estimate of drug-likeness (QED) is 0.300. The minimum Gasteiger partial charge on any atom is -0.229 e. The summed E-state index contributed by atoms with van der Waals surface area (Å²) < 4.78 is 55.0. The molecular formula is C29H33F2N7O2S. The van der Waals surface area contributed by atoms with Gasteiger partial charge in [0.25, 0.3) is 5.95 Å². The topological polar surface area (TPSA) is 116 Å². The van der Waals surface area contributed by atoms with Crippen LogP contribution in [0.15, 0.2) is 42.9 Å². The van der Waals surface area contributed by atoms with Gasteiger partial charge < -0.3 is 0 Å². The van der Waals surface area contributed by atoms with Crippen molar-refractivity contribution in [2.75, 3.05) is 5.75 Å². The Morgan fingerprint density at radius 1 is 1.07 bits per heavy atom. The molecule has 0 N–H and O–H groups in total. The third-order valence-electron chi connectivity index (χ3n) is 8.44. The van der Waals surface area contributed by atoms with E-state index in [1.807, 2.05) is 13.0 Å². The third kappa shape index (κ3) is 5.02. The minimum absolute atomic E-state index is 0.0474. The van der Waals surface area contributed by atoms with E-state index in [1.165, 1.54) is 29.2 Å². The fraction of sp³-hybridized carbons (Fsp3) is 0.448. The standard InChI is InChI=1S/C29H33F2N7O2S/c1-17(2)41(39,40)13-11-24-33-16-38(37-24)27-32-12-10-23(34-27)29(6)26-19(18(3)15-28(29,4)5)14-22(35-36-26)25-20(30)8-7-9-21(25)31/h7-10,12,14,16-18H,11,13,15H2,1-6H3/t18-,29+/m1/s1. The second-order valence-electron chi connectivity index (χ2n) is 11.8. The van der Waals surface area contributed by atoms with E-state index in [0.717, 1.165) is 12.0 Å². The van der Waals surface area contributed by atoms with E-state index in [0.29, 0.717) is 17.2 Å². The van der Waals surface area contributed by atoms with Gasteiger partial charge in [-0.15, -0.1) is 10.2 Å². The van der Waals surface area contributed by atoms with Crippen LogP contribution >= 0.6 is 0 Å². The molecule has 4 aromatic rings. The Balaban J connectivity index is 1.54.